The van der Waals surface area contributed by atoms with Crippen molar-refractivity contribution in [2.75, 3.05) is 6.61 Å². The van der Waals surface area contributed by atoms with Crippen LogP contribution in [-0.2, 0) is 6.42 Å². The zero-order valence-electron chi connectivity index (χ0n) is 11.0. The second kappa shape index (κ2) is 5.40. The van der Waals surface area contributed by atoms with Crippen LogP contribution in [0.4, 0.5) is 0 Å². The Morgan fingerprint density at radius 2 is 2.10 bits per heavy atom. The lowest BCUT2D eigenvalue weighted by atomic mass is 9.95. The first kappa shape index (κ1) is 13.9. The first-order valence-corrected chi connectivity index (χ1v) is 7.63. The van der Waals surface area contributed by atoms with Crippen LogP contribution in [0.2, 0.25) is 5.02 Å². The maximum absolute atomic E-state index is 10.7. The molecule has 1 atom stereocenters. The molecule has 0 aromatic heterocycles. The van der Waals surface area contributed by atoms with Crippen molar-refractivity contribution < 1.29 is 9.84 Å². The summed E-state index contributed by atoms with van der Waals surface area (Å²) in [5.41, 5.74) is 3.63. The Hall–Kier alpha value is -1.03. The van der Waals surface area contributed by atoms with Crippen molar-refractivity contribution in [3.05, 3.63) is 62.1 Å². The maximum atomic E-state index is 10.7. The van der Waals surface area contributed by atoms with Crippen molar-refractivity contribution in [3.63, 3.8) is 0 Å². The van der Waals surface area contributed by atoms with Gasteiger partial charge in [0, 0.05) is 21.5 Å². The summed E-state index contributed by atoms with van der Waals surface area (Å²) in [6, 6.07) is 9.54. The largest absolute Gasteiger partial charge is 0.493 e. The van der Waals surface area contributed by atoms with E-state index in [1.165, 1.54) is 0 Å². The summed E-state index contributed by atoms with van der Waals surface area (Å²) in [5, 5.41) is 11.4. The Balaban J connectivity index is 2.11. The zero-order valence-corrected chi connectivity index (χ0v) is 13.3. The predicted molar refractivity (Wildman–Crippen MR) is 83.6 cm³/mol. The molecular weight excluding hydrogens is 340 g/mol. The summed E-state index contributed by atoms with van der Waals surface area (Å²) in [6.07, 6.45) is 0.140. The monoisotopic (exact) mass is 352 g/mol. The molecule has 20 heavy (non-hydrogen) atoms. The Bertz CT molecular complexity index is 670. The van der Waals surface area contributed by atoms with Gasteiger partial charge >= 0.3 is 0 Å². The molecular formula is C16H14BrClO2. The topological polar surface area (TPSA) is 29.5 Å². The molecule has 1 aliphatic rings. The molecule has 0 saturated heterocycles. The van der Waals surface area contributed by atoms with E-state index in [9.17, 15) is 5.11 Å². The highest BCUT2D eigenvalue weighted by Crippen LogP contribution is 2.39. The van der Waals surface area contributed by atoms with Gasteiger partial charge in [-0.2, -0.15) is 0 Å². The third-order valence-corrected chi connectivity index (χ3v) is 4.54. The number of rotatable bonds is 2. The predicted octanol–water partition coefficient (Wildman–Crippen LogP) is 4.43. The molecule has 2 aromatic carbocycles. The summed E-state index contributed by atoms with van der Waals surface area (Å²) in [5.74, 6) is 0.806. The molecule has 0 bridgehead atoms. The van der Waals surface area contributed by atoms with Crippen molar-refractivity contribution in [1.29, 1.82) is 0 Å². The second-order valence-corrected chi connectivity index (χ2v) is 6.26. The summed E-state index contributed by atoms with van der Waals surface area (Å²) < 4.78 is 6.64. The van der Waals surface area contributed by atoms with Gasteiger partial charge in [-0.3, -0.25) is 0 Å². The molecule has 1 aliphatic heterocycles. The quantitative estimate of drug-likeness (QED) is 0.865. The molecule has 0 spiro atoms. The van der Waals surface area contributed by atoms with Crippen molar-refractivity contribution in [2.24, 2.45) is 0 Å². The SMILES string of the molecule is Cc1c(Cl)cccc1C(O)c1cc(Br)cc2c1OCC2. The van der Waals surface area contributed by atoms with Crippen LogP contribution >= 0.6 is 27.5 Å². The molecule has 2 aromatic rings. The van der Waals surface area contributed by atoms with E-state index >= 15 is 0 Å². The van der Waals surface area contributed by atoms with Crippen LogP contribution in [0.1, 0.15) is 28.4 Å². The number of benzene rings is 2. The molecule has 104 valence electrons. The van der Waals surface area contributed by atoms with E-state index in [2.05, 4.69) is 15.9 Å². The molecule has 3 rings (SSSR count). The highest BCUT2D eigenvalue weighted by Gasteiger charge is 2.24. The minimum atomic E-state index is -0.738. The molecule has 2 nitrogen and oxygen atoms in total. The van der Waals surface area contributed by atoms with Crippen LogP contribution in [0.15, 0.2) is 34.8 Å². The van der Waals surface area contributed by atoms with Crippen LogP contribution in [0.25, 0.3) is 0 Å². The Kier molecular flexibility index (Phi) is 3.76. The molecule has 0 fully saturated rings. The van der Waals surface area contributed by atoms with Gasteiger partial charge in [0.2, 0.25) is 0 Å². The minimum absolute atomic E-state index is 0.661. The van der Waals surface area contributed by atoms with E-state index in [4.69, 9.17) is 16.3 Å². The fraction of sp³-hybridized carbons (Fsp3) is 0.250. The molecule has 1 heterocycles. The lowest BCUT2D eigenvalue weighted by Crippen LogP contribution is -2.04. The Labute approximate surface area is 131 Å². The van der Waals surface area contributed by atoms with Gasteiger partial charge in [-0.05, 0) is 41.8 Å². The van der Waals surface area contributed by atoms with Crippen LogP contribution in [0, 0.1) is 6.92 Å². The molecule has 1 N–H and O–H groups in total. The third-order valence-electron chi connectivity index (χ3n) is 3.68. The van der Waals surface area contributed by atoms with E-state index in [0.29, 0.717) is 11.6 Å². The average molecular weight is 354 g/mol. The molecule has 0 radical (unpaired) electrons. The van der Waals surface area contributed by atoms with Gasteiger partial charge in [0.1, 0.15) is 11.9 Å². The number of hydrogen-bond acceptors (Lipinski definition) is 2. The van der Waals surface area contributed by atoms with Gasteiger partial charge in [0.25, 0.3) is 0 Å². The van der Waals surface area contributed by atoms with E-state index in [-0.39, 0.29) is 0 Å². The number of halogens is 2. The van der Waals surface area contributed by atoms with Gasteiger partial charge in [0.05, 0.1) is 6.61 Å². The average Bonchev–Trinajstić information content (AvgIpc) is 2.88. The van der Waals surface area contributed by atoms with Crippen molar-refractivity contribution in [3.8, 4) is 5.75 Å². The van der Waals surface area contributed by atoms with Gasteiger partial charge in [-0.15, -0.1) is 0 Å². The summed E-state index contributed by atoms with van der Waals surface area (Å²) in [6.45, 7) is 2.58. The number of fused-ring (bicyclic) bond motifs is 1. The van der Waals surface area contributed by atoms with Gasteiger partial charge < -0.3 is 9.84 Å². The lowest BCUT2D eigenvalue weighted by Gasteiger charge is -2.18. The van der Waals surface area contributed by atoms with Gasteiger partial charge in [-0.1, -0.05) is 39.7 Å². The Morgan fingerprint density at radius 1 is 1.30 bits per heavy atom. The molecule has 0 aliphatic carbocycles. The number of ether oxygens (including phenoxy) is 1. The smallest absolute Gasteiger partial charge is 0.128 e. The Morgan fingerprint density at radius 3 is 2.90 bits per heavy atom. The summed E-state index contributed by atoms with van der Waals surface area (Å²) in [4.78, 5) is 0. The van der Waals surface area contributed by atoms with Crippen molar-refractivity contribution in [2.45, 2.75) is 19.4 Å². The van der Waals surface area contributed by atoms with Crippen LogP contribution in [0.5, 0.6) is 5.75 Å². The fourth-order valence-electron chi connectivity index (χ4n) is 2.59. The third kappa shape index (κ3) is 2.34. The minimum Gasteiger partial charge on any atom is -0.493 e. The molecule has 4 heteroatoms. The first-order chi connectivity index (χ1) is 9.58. The van der Waals surface area contributed by atoms with Crippen LogP contribution in [-0.4, -0.2) is 11.7 Å². The van der Waals surface area contributed by atoms with Crippen molar-refractivity contribution >= 4 is 27.5 Å². The highest BCUT2D eigenvalue weighted by atomic mass is 79.9. The molecule has 0 amide bonds. The maximum Gasteiger partial charge on any atom is 0.128 e. The summed E-state index contributed by atoms with van der Waals surface area (Å²) in [7, 11) is 0. The van der Waals surface area contributed by atoms with Crippen LogP contribution < -0.4 is 4.74 Å². The summed E-state index contributed by atoms with van der Waals surface area (Å²) >= 11 is 9.64. The van der Waals surface area contributed by atoms with Crippen molar-refractivity contribution in [1.82, 2.24) is 0 Å². The number of aliphatic hydroxyl groups excluding tert-OH is 1. The van der Waals surface area contributed by atoms with E-state index < -0.39 is 6.10 Å². The first-order valence-electron chi connectivity index (χ1n) is 6.46. The fourth-order valence-corrected chi connectivity index (χ4v) is 3.29. The normalized spacial score (nSPS) is 14.8. The van der Waals surface area contributed by atoms with Gasteiger partial charge in [-0.25, -0.2) is 0 Å². The van der Waals surface area contributed by atoms with Gasteiger partial charge in [0.15, 0.2) is 0 Å². The van der Waals surface area contributed by atoms with E-state index in [1.807, 2.05) is 37.3 Å². The lowest BCUT2D eigenvalue weighted by molar-refractivity contribution is 0.213. The van der Waals surface area contributed by atoms with Crippen LogP contribution in [0.3, 0.4) is 0 Å². The van der Waals surface area contributed by atoms with E-state index in [1.54, 1.807) is 0 Å². The standard InChI is InChI=1S/C16H14BrClO2/c1-9-12(3-2-4-14(9)18)15(19)13-8-11(17)7-10-5-6-20-16(10)13/h2-4,7-8,15,19H,5-6H2,1H3. The highest BCUT2D eigenvalue weighted by molar-refractivity contribution is 9.10. The number of hydrogen-bond donors (Lipinski definition) is 1. The number of aliphatic hydroxyl groups is 1. The molecule has 1 unspecified atom stereocenters. The van der Waals surface area contributed by atoms with E-state index in [0.717, 1.165) is 38.9 Å². The molecule has 0 saturated carbocycles. The second-order valence-electron chi connectivity index (χ2n) is 4.94. The zero-order chi connectivity index (χ0) is 14.3.